The number of fused-ring (bicyclic) bond motifs is 1. The number of halogens is 1. The van der Waals surface area contributed by atoms with Crippen LogP contribution in [0.25, 0.3) is 11.5 Å². The van der Waals surface area contributed by atoms with Crippen LogP contribution in [0.4, 0.5) is 0 Å². The number of carbonyl (C=O) groups excluding carboxylic acids is 1. The fourth-order valence-corrected chi connectivity index (χ4v) is 4.75. The van der Waals surface area contributed by atoms with Gasteiger partial charge in [-0.2, -0.15) is 0 Å². The predicted molar refractivity (Wildman–Crippen MR) is 112 cm³/mol. The van der Waals surface area contributed by atoms with E-state index in [4.69, 9.17) is 30.5 Å². The van der Waals surface area contributed by atoms with E-state index in [1.807, 2.05) is 17.9 Å². The first kappa shape index (κ1) is 19.7. The molecule has 2 fully saturated rings. The minimum absolute atomic E-state index is 0.167. The molecule has 1 aromatic heterocycles. The van der Waals surface area contributed by atoms with Crippen molar-refractivity contribution < 1.29 is 18.7 Å². The Hall–Kier alpha value is -2.25. The molecule has 0 atom stereocenters. The molecular formula is C22H26ClN3O4. The number of likely N-dealkylation sites (tertiary alicyclic amines) is 2. The molecule has 0 unspecified atom stereocenters. The van der Waals surface area contributed by atoms with Crippen LogP contribution in [0, 0.1) is 12.8 Å². The van der Waals surface area contributed by atoms with Crippen molar-refractivity contribution in [3.63, 3.8) is 0 Å². The maximum absolute atomic E-state index is 12.6. The molecule has 1 aromatic carbocycles. The second-order valence-electron chi connectivity index (χ2n) is 8.29. The molecule has 0 bridgehead atoms. The number of amides is 1. The van der Waals surface area contributed by atoms with Gasteiger partial charge in [0.1, 0.15) is 5.76 Å². The molecule has 2 saturated heterocycles. The summed E-state index contributed by atoms with van der Waals surface area (Å²) in [7, 11) is 0. The van der Waals surface area contributed by atoms with Crippen molar-refractivity contribution in [1.82, 2.24) is 14.8 Å². The van der Waals surface area contributed by atoms with Crippen molar-refractivity contribution in [3.05, 3.63) is 28.6 Å². The quantitative estimate of drug-likeness (QED) is 0.732. The van der Waals surface area contributed by atoms with Crippen LogP contribution in [-0.4, -0.2) is 53.7 Å². The standard InChI is InChI=1S/C22H26ClN3O4/c1-14-18(12-25-8-4-15(5-9-25)22(27)26-6-2-3-7-26)24-21(30-14)16-10-19-20(11-17(16)23)29-13-28-19/h10-11,15H,2-9,12-13H2,1H3. The number of aryl methyl sites for hydroxylation is 1. The molecule has 7 nitrogen and oxygen atoms in total. The fraction of sp³-hybridized carbons (Fsp3) is 0.545. The van der Waals surface area contributed by atoms with Gasteiger partial charge in [0, 0.05) is 31.6 Å². The lowest BCUT2D eigenvalue weighted by Crippen LogP contribution is -2.41. The first-order valence-corrected chi connectivity index (χ1v) is 11.0. The Bertz CT molecular complexity index is 946. The van der Waals surface area contributed by atoms with E-state index in [9.17, 15) is 4.79 Å². The molecule has 30 heavy (non-hydrogen) atoms. The molecule has 0 radical (unpaired) electrons. The number of rotatable bonds is 4. The Morgan fingerprint density at radius 2 is 1.83 bits per heavy atom. The molecule has 0 spiro atoms. The molecular weight excluding hydrogens is 406 g/mol. The number of oxazole rings is 1. The molecule has 160 valence electrons. The smallest absolute Gasteiger partial charge is 0.231 e. The van der Waals surface area contributed by atoms with Gasteiger partial charge in [0.15, 0.2) is 11.5 Å². The van der Waals surface area contributed by atoms with E-state index in [1.54, 1.807) is 6.07 Å². The Morgan fingerprint density at radius 3 is 2.57 bits per heavy atom. The first-order chi connectivity index (χ1) is 14.6. The van der Waals surface area contributed by atoms with Crippen molar-refractivity contribution in [2.24, 2.45) is 5.92 Å². The van der Waals surface area contributed by atoms with E-state index in [-0.39, 0.29) is 12.7 Å². The van der Waals surface area contributed by atoms with Gasteiger partial charge in [-0.05, 0) is 51.8 Å². The van der Waals surface area contributed by atoms with Gasteiger partial charge in [-0.3, -0.25) is 9.69 Å². The van der Waals surface area contributed by atoms with Crippen LogP contribution < -0.4 is 9.47 Å². The van der Waals surface area contributed by atoms with Gasteiger partial charge in [0.25, 0.3) is 0 Å². The number of nitrogens with zero attached hydrogens (tertiary/aromatic N) is 3. The number of aromatic nitrogens is 1. The molecule has 2 aromatic rings. The van der Waals surface area contributed by atoms with E-state index in [2.05, 4.69) is 4.90 Å². The van der Waals surface area contributed by atoms with E-state index in [1.165, 1.54) is 0 Å². The zero-order valence-corrected chi connectivity index (χ0v) is 17.9. The van der Waals surface area contributed by atoms with E-state index in [0.717, 1.165) is 63.3 Å². The average molecular weight is 432 g/mol. The van der Waals surface area contributed by atoms with Crippen molar-refractivity contribution >= 4 is 17.5 Å². The Morgan fingerprint density at radius 1 is 1.13 bits per heavy atom. The summed E-state index contributed by atoms with van der Waals surface area (Å²) in [6.45, 7) is 6.50. The van der Waals surface area contributed by atoms with Gasteiger partial charge in [-0.15, -0.1) is 0 Å². The summed E-state index contributed by atoms with van der Waals surface area (Å²) in [6.07, 6.45) is 4.11. The van der Waals surface area contributed by atoms with Crippen LogP contribution >= 0.6 is 11.6 Å². The molecule has 0 N–H and O–H groups in total. The predicted octanol–water partition coefficient (Wildman–Crippen LogP) is 3.87. The van der Waals surface area contributed by atoms with Crippen LogP contribution in [0.1, 0.15) is 37.1 Å². The number of ether oxygens (including phenoxy) is 2. The number of benzene rings is 1. The van der Waals surface area contributed by atoms with Gasteiger partial charge in [-0.25, -0.2) is 4.98 Å². The molecule has 3 aliphatic rings. The Labute approximate surface area is 180 Å². The average Bonchev–Trinajstić information content (AvgIpc) is 3.49. The summed E-state index contributed by atoms with van der Waals surface area (Å²) >= 11 is 6.41. The lowest BCUT2D eigenvalue weighted by molar-refractivity contribution is -0.136. The van der Waals surface area contributed by atoms with Crippen molar-refractivity contribution in [2.75, 3.05) is 33.0 Å². The highest BCUT2D eigenvalue weighted by molar-refractivity contribution is 6.33. The van der Waals surface area contributed by atoms with Crippen molar-refractivity contribution in [1.29, 1.82) is 0 Å². The third-order valence-electron chi connectivity index (χ3n) is 6.31. The highest BCUT2D eigenvalue weighted by Crippen LogP contribution is 2.41. The van der Waals surface area contributed by atoms with E-state index >= 15 is 0 Å². The molecule has 8 heteroatoms. The first-order valence-electron chi connectivity index (χ1n) is 10.7. The molecule has 0 aliphatic carbocycles. The van der Waals surface area contributed by atoms with E-state index in [0.29, 0.717) is 40.4 Å². The number of piperidine rings is 1. The summed E-state index contributed by atoms with van der Waals surface area (Å²) in [5.41, 5.74) is 1.60. The molecule has 5 rings (SSSR count). The highest BCUT2D eigenvalue weighted by Gasteiger charge is 2.30. The monoisotopic (exact) mass is 431 g/mol. The molecule has 3 aliphatic heterocycles. The molecule has 4 heterocycles. The Balaban J connectivity index is 1.24. The van der Waals surface area contributed by atoms with Crippen LogP contribution in [0.15, 0.2) is 16.5 Å². The minimum atomic E-state index is 0.167. The van der Waals surface area contributed by atoms with Gasteiger partial charge in [0.05, 0.1) is 16.3 Å². The van der Waals surface area contributed by atoms with Gasteiger partial charge >= 0.3 is 0 Å². The van der Waals surface area contributed by atoms with Crippen molar-refractivity contribution in [2.45, 2.75) is 39.2 Å². The number of carbonyl (C=O) groups is 1. The summed E-state index contributed by atoms with van der Waals surface area (Å²) in [5, 5.41) is 0.522. The van der Waals surface area contributed by atoms with Crippen LogP contribution in [-0.2, 0) is 11.3 Å². The van der Waals surface area contributed by atoms with Crippen molar-refractivity contribution in [3.8, 4) is 23.0 Å². The van der Waals surface area contributed by atoms with Gasteiger partial charge in [-0.1, -0.05) is 11.6 Å². The summed E-state index contributed by atoms with van der Waals surface area (Å²) < 4.78 is 16.7. The van der Waals surface area contributed by atoms with Gasteiger partial charge < -0.3 is 18.8 Å². The van der Waals surface area contributed by atoms with Crippen LogP contribution in [0.5, 0.6) is 11.5 Å². The summed E-state index contributed by atoms with van der Waals surface area (Å²) in [4.78, 5) is 21.7. The number of hydrogen-bond acceptors (Lipinski definition) is 6. The second kappa shape index (κ2) is 8.12. The molecule has 0 saturated carbocycles. The highest BCUT2D eigenvalue weighted by atomic mass is 35.5. The lowest BCUT2D eigenvalue weighted by Gasteiger charge is -2.32. The summed E-state index contributed by atoms with van der Waals surface area (Å²) in [5.74, 6) is 3.08. The lowest BCUT2D eigenvalue weighted by atomic mass is 9.95. The van der Waals surface area contributed by atoms with Gasteiger partial charge in [0.2, 0.25) is 18.6 Å². The SMILES string of the molecule is Cc1oc(-c2cc3c(cc2Cl)OCO3)nc1CN1CCC(C(=O)N2CCCC2)CC1. The van der Waals surface area contributed by atoms with Crippen LogP contribution in [0.2, 0.25) is 5.02 Å². The van der Waals surface area contributed by atoms with Crippen LogP contribution in [0.3, 0.4) is 0 Å². The summed E-state index contributed by atoms with van der Waals surface area (Å²) in [6, 6.07) is 3.55. The largest absolute Gasteiger partial charge is 0.454 e. The topological polar surface area (TPSA) is 68.0 Å². The third-order valence-corrected chi connectivity index (χ3v) is 6.63. The second-order valence-corrected chi connectivity index (χ2v) is 8.70. The fourth-order valence-electron chi connectivity index (χ4n) is 4.52. The number of hydrogen-bond donors (Lipinski definition) is 0. The maximum Gasteiger partial charge on any atom is 0.231 e. The third kappa shape index (κ3) is 3.76. The molecule has 1 amide bonds. The normalized spacial score (nSPS) is 19.6. The minimum Gasteiger partial charge on any atom is -0.454 e. The Kier molecular flexibility index (Phi) is 5.33. The zero-order chi connectivity index (χ0) is 20.7. The van der Waals surface area contributed by atoms with E-state index < -0.39 is 0 Å². The zero-order valence-electron chi connectivity index (χ0n) is 17.2. The maximum atomic E-state index is 12.6.